The van der Waals surface area contributed by atoms with Gasteiger partial charge in [-0.25, -0.2) is 0 Å². The lowest BCUT2D eigenvalue weighted by Crippen LogP contribution is -2.09. The summed E-state index contributed by atoms with van der Waals surface area (Å²) in [6.45, 7) is 4.57. The number of rotatable bonds is 7. The Kier molecular flexibility index (Phi) is 4.66. The van der Waals surface area contributed by atoms with Crippen LogP contribution in [0.4, 0.5) is 0 Å². The quantitative estimate of drug-likeness (QED) is 0.749. The van der Waals surface area contributed by atoms with Crippen LogP contribution in [0.3, 0.4) is 0 Å². The minimum atomic E-state index is 0.252. The maximum absolute atomic E-state index is 5.69. The Balaban J connectivity index is 1.94. The van der Waals surface area contributed by atoms with Crippen molar-refractivity contribution in [3.63, 3.8) is 0 Å². The maximum Gasteiger partial charge on any atom is 0.231 e. The average molecular weight is 253 g/mol. The molecule has 0 spiro atoms. The third-order valence-corrected chi connectivity index (χ3v) is 2.61. The van der Waals surface area contributed by atoms with Crippen molar-refractivity contribution in [2.75, 3.05) is 26.6 Å². The molecule has 1 aromatic carbocycles. The Morgan fingerprint density at radius 2 is 1.94 bits per heavy atom. The van der Waals surface area contributed by atoms with Crippen LogP contribution < -0.4 is 19.9 Å². The molecular weight excluding hydrogens is 234 g/mol. The smallest absolute Gasteiger partial charge is 0.231 e. The molecule has 0 atom stereocenters. The summed E-state index contributed by atoms with van der Waals surface area (Å²) in [6, 6.07) is 3.69. The fourth-order valence-electron chi connectivity index (χ4n) is 1.72. The molecule has 1 aliphatic rings. The first-order chi connectivity index (χ1) is 8.85. The van der Waals surface area contributed by atoms with Gasteiger partial charge in [0.2, 0.25) is 6.79 Å². The van der Waals surface area contributed by atoms with E-state index in [4.69, 9.17) is 24.7 Å². The molecule has 0 amide bonds. The van der Waals surface area contributed by atoms with Crippen LogP contribution in [0.5, 0.6) is 17.2 Å². The molecule has 2 rings (SSSR count). The number of nitrogens with two attached hydrogens (primary N) is 1. The van der Waals surface area contributed by atoms with E-state index in [1.807, 2.05) is 12.1 Å². The lowest BCUT2D eigenvalue weighted by Gasteiger charge is -2.11. The first kappa shape index (κ1) is 13.0. The Hall–Kier alpha value is -1.46. The van der Waals surface area contributed by atoms with E-state index in [1.165, 1.54) is 0 Å². The van der Waals surface area contributed by atoms with Crippen molar-refractivity contribution < 1.29 is 18.9 Å². The van der Waals surface area contributed by atoms with E-state index in [0.717, 1.165) is 30.1 Å². The van der Waals surface area contributed by atoms with E-state index in [1.54, 1.807) is 0 Å². The number of hydrogen-bond donors (Lipinski definition) is 1. The molecule has 1 aromatic rings. The molecule has 0 aliphatic carbocycles. The zero-order valence-electron chi connectivity index (χ0n) is 10.6. The molecule has 18 heavy (non-hydrogen) atoms. The van der Waals surface area contributed by atoms with Gasteiger partial charge in [-0.1, -0.05) is 6.92 Å². The van der Waals surface area contributed by atoms with Gasteiger partial charge in [0, 0.05) is 24.8 Å². The number of hydrogen-bond acceptors (Lipinski definition) is 5. The van der Waals surface area contributed by atoms with Crippen LogP contribution in [0.25, 0.3) is 0 Å². The standard InChI is InChI=1S/C13H19NO4/c1-2-3-15-4-5-16-11-7-13-12(17-9-18-13)6-10(11)8-14/h6-7H,2-5,8-9,14H2,1H3. The van der Waals surface area contributed by atoms with Gasteiger partial charge in [0.15, 0.2) is 11.5 Å². The largest absolute Gasteiger partial charge is 0.491 e. The van der Waals surface area contributed by atoms with Crippen LogP contribution in [0.2, 0.25) is 0 Å². The molecule has 0 bridgehead atoms. The molecule has 0 fully saturated rings. The van der Waals surface area contributed by atoms with Crippen LogP contribution >= 0.6 is 0 Å². The summed E-state index contributed by atoms with van der Waals surface area (Å²) in [7, 11) is 0. The lowest BCUT2D eigenvalue weighted by atomic mass is 10.2. The molecule has 0 radical (unpaired) electrons. The lowest BCUT2D eigenvalue weighted by molar-refractivity contribution is 0.100. The van der Waals surface area contributed by atoms with Crippen molar-refractivity contribution in [2.45, 2.75) is 19.9 Å². The van der Waals surface area contributed by atoms with Crippen molar-refractivity contribution in [3.05, 3.63) is 17.7 Å². The van der Waals surface area contributed by atoms with Gasteiger partial charge in [0.25, 0.3) is 0 Å². The highest BCUT2D eigenvalue weighted by Gasteiger charge is 2.17. The fraction of sp³-hybridized carbons (Fsp3) is 0.538. The average Bonchev–Trinajstić information content (AvgIpc) is 2.84. The molecule has 0 saturated carbocycles. The topological polar surface area (TPSA) is 62.9 Å². The maximum atomic E-state index is 5.69. The number of fused-ring (bicyclic) bond motifs is 1. The molecule has 0 saturated heterocycles. The molecule has 5 nitrogen and oxygen atoms in total. The fourth-order valence-corrected chi connectivity index (χ4v) is 1.72. The Labute approximate surface area is 107 Å². The first-order valence-corrected chi connectivity index (χ1v) is 6.18. The summed E-state index contributed by atoms with van der Waals surface area (Å²) in [6.07, 6.45) is 1.01. The number of ether oxygens (including phenoxy) is 4. The van der Waals surface area contributed by atoms with Crippen molar-refractivity contribution >= 4 is 0 Å². The molecule has 100 valence electrons. The molecule has 2 N–H and O–H groups in total. The van der Waals surface area contributed by atoms with E-state index in [0.29, 0.717) is 25.5 Å². The van der Waals surface area contributed by atoms with Gasteiger partial charge < -0.3 is 24.7 Å². The molecule has 1 heterocycles. The van der Waals surface area contributed by atoms with Crippen molar-refractivity contribution in [2.24, 2.45) is 5.73 Å². The molecule has 0 unspecified atom stereocenters. The highest BCUT2D eigenvalue weighted by molar-refractivity contribution is 5.51. The highest BCUT2D eigenvalue weighted by atomic mass is 16.7. The Morgan fingerprint density at radius 1 is 1.17 bits per heavy atom. The molecule has 1 aliphatic heterocycles. The van der Waals surface area contributed by atoms with Crippen LogP contribution in [-0.4, -0.2) is 26.6 Å². The summed E-state index contributed by atoms with van der Waals surface area (Å²) < 4.78 is 21.6. The second-order valence-corrected chi connectivity index (χ2v) is 3.98. The molecule has 0 aromatic heterocycles. The van der Waals surface area contributed by atoms with Crippen molar-refractivity contribution in [3.8, 4) is 17.2 Å². The second kappa shape index (κ2) is 6.47. The van der Waals surface area contributed by atoms with E-state index < -0.39 is 0 Å². The predicted octanol–water partition coefficient (Wildman–Crippen LogP) is 1.68. The number of benzene rings is 1. The van der Waals surface area contributed by atoms with Crippen LogP contribution in [0.15, 0.2) is 12.1 Å². The van der Waals surface area contributed by atoms with E-state index in [-0.39, 0.29) is 6.79 Å². The van der Waals surface area contributed by atoms with Crippen molar-refractivity contribution in [1.82, 2.24) is 0 Å². The second-order valence-electron chi connectivity index (χ2n) is 3.98. The summed E-state index contributed by atoms with van der Waals surface area (Å²) in [4.78, 5) is 0. The normalized spacial score (nSPS) is 12.8. The van der Waals surface area contributed by atoms with Gasteiger partial charge in [0.05, 0.1) is 6.61 Å². The summed E-state index contributed by atoms with van der Waals surface area (Å²) in [5.41, 5.74) is 6.60. The van der Waals surface area contributed by atoms with Gasteiger partial charge in [-0.3, -0.25) is 0 Å². The first-order valence-electron chi connectivity index (χ1n) is 6.18. The van der Waals surface area contributed by atoms with Gasteiger partial charge in [-0.15, -0.1) is 0 Å². The van der Waals surface area contributed by atoms with Crippen LogP contribution in [-0.2, 0) is 11.3 Å². The van der Waals surface area contributed by atoms with Gasteiger partial charge in [-0.2, -0.15) is 0 Å². The minimum absolute atomic E-state index is 0.252. The van der Waals surface area contributed by atoms with E-state index >= 15 is 0 Å². The van der Waals surface area contributed by atoms with E-state index in [9.17, 15) is 0 Å². The summed E-state index contributed by atoms with van der Waals surface area (Å²) in [5, 5.41) is 0. The Bertz CT molecular complexity index is 395. The summed E-state index contributed by atoms with van der Waals surface area (Å²) >= 11 is 0. The Morgan fingerprint density at radius 3 is 2.67 bits per heavy atom. The molecular formula is C13H19NO4. The van der Waals surface area contributed by atoms with Crippen LogP contribution in [0, 0.1) is 0 Å². The third-order valence-electron chi connectivity index (χ3n) is 2.61. The SMILES string of the molecule is CCCOCCOc1cc2c(cc1CN)OCO2. The van der Waals surface area contributed by atoms with Crippen LogP contribution in [0.1, 0.15) is 18.9 Å². The third kappa shape index (κ3) is 3.05. The summed E-state index contributed by atoms with van der Waals surface area (Å²) in [5.74, 6) is 2.17. The van der Waals surface area contributed by atoms with Gasteiger partial charge in [0.1, 0.15) is 12.4 Å². The van der Waals surface area contributed by atoms with Gasteiger partial charge in [-0.05, 0) is 12.5 Å². The van der Waals surface area contributed by atoms with E-state index in [2.05, 4.69) is 6.92 Å². The predicted molar refractivity (Wildman–Crippen MR) is 67.1 cm³/mol. The zero-order chi connectivity index (χ0) is 12.8. The van der Waals surface area contributed by atoms with Crippen molar-refractivity contribution in [1.29, 1.82) is 0 Å². The van der Waals surface area contributed by atoms with Gasteiger partial charge >= 0.3 is 0 Å². The minimum Gasteiger partial charge on any atom is -0.491 e. The monoisotopic (exact) mass is 253 g/mol. The molecule has 5 heteroatoms. The highest BCUT2D eigenvalue weighted by Crippen LogP contribution is 2.37. The zero-order valence-corrected chi connectivity index (χ0v) is 10.6.